The Morgan fingerprint density at radius 2 is 1.17 bits per heavy atom. The SMILES string of the molecule is C.C.COC(=O)c1ccc2ccccc2n1.Cl.O=C(O)c1ccc2ccccc2n1. The summed E-state index contributed by atoms with van der Waals surface area (Å²) in [5.74, 6) is -1.40. The van der Waals surface area contributed by atoms with Crippen LogP contribution in [-0.4, -0.2) is 34.1 Å². The average molecular weight is 429 g/mol. The second-order valence-corrected chi connectivity index (χ2v) is 5.58. The van der Waals surface area contributed by atoms with Crippen LogP contribution in [0.4, 0.5) is 0 Å². The molecule has 30 heavy (non-hydrogen) atoms. The van der Waals surface area contributed by atoms with Crippen molar-refractivity contribution >= 4 is 46.2 Å². The number of benzene rings is 2. The van der Waals surface area contributed by atoms with Gasteiger partial charge < -0.3 is 9.84 Å². The fourth-order valence-electron chi connectivity index (χ4n) is 2.47. The molecule has 7 heteroatoms. The molecule has 4 rings (SSSR count). The quantitative estimate of drug-likeness (QED) is 0.415. The highest BCUT2D eigenvalue weighted by Crippen LogP contribution is 2.12. The van der Waals surface area contributed by atoms with E-state index in [-0.39, 0.29) is 33.0 Å². The predicted molar refractivity (Wildman–Crippen MR) is 122 cm³/mol. The summed E-state index contributed by atoms with van der Waals surface area (Å²) in [6, 6.07) is 21.8. The first kappa shape index (κ1) is 26.5. The van der Waals surface area contributed by atoms with Crippen LogP contribution in [0.15, 0.2) is 72.8 Å². The Bertz CT molecular complexity index is 1130. The lowest BCUT2D eigenvalue weighted by Gasteiger charge is -2.00. The maximum Gasteiger partial charge on any atom is 0.356 e. The number of pyridine rings is 2. The van der Waals surface area contributed by atoms with E-state index in [0.29, 0.717) is 11.2 Å². The van der Waals surface area contributed by atoms with Gasteiger partial charge in [0.05, 0.1) is 18.1 Å². The molecular formula is C23H25ClN2O4. The van der Waals surface area contributed by atoms with Crippen molar-refractivity contribution in [3.8, 4) is 0 Å². The zero-order chi connectivity index (χ0) is 19.2. The smallest absolute Gasteiger partial charge is 0.356 e. The number of methoxy groups -OCH3 is 1. The number of carbonyl (C=O) groups is 2. The van der Waals surface area contributed by atoms with Gasteiger partial charge in [-0.3, -0.25) is 0 Å². The van der Waals surface area contributed by atoms with Gasteiger partial charge >= 0.3 is 11.9 Å². The highest BCUT2D eigenvalue weighted by Gasteiger charge is 2.06. The van der Waals surface area contributed by atoms with Gasteiger partial charge in [-0.15, -0.1) is 12.4 Å². The van der Waals surface area contributed by atoms with Crippen LogP contribution in [0.5, 0.6) is 0 Å². The number of para-hydroxylation sites is 2. The Balaban J connectivity index is 0.000000511. The molecule has 158 valence electrons. The van der Waals surface area contributed by atoms with E-state index in [1.54, 1.807) is 18.2 Å². The minimum Gasteiger partial charge on any atom is -0.477 e. The van der Waals surface area contributed by atoms with Gasteiger partial charge in [0.25, 0.3) is 0 Å². The summed E-state index contributed by atoms with van der Waals surface area (Å²) in [6.45, 7) is 0. The maximum absolute atomic E-state index is 11.2. The predicted octanol–water partition coefficient (Wildman–Crippen LogP) is 5.65. The molecule has 2 heterocycles. The number of hydrogen-bond donors (Lipinski definition) is 1. The highest BCUT2D eigenvalue weighted by molar-refractivity contribution is 5.91. The van der Waals surface area contributed by atoms with E-state index >= 15 is 0 Å². The van der Waals surface area contributed by atoms with Crippen LogP contribution in [0.2, 0.25) is 0 Å². The van der Waals surface area contributed by atoms with Gasteiger partial charge in [0.2, 0.25) is 0 Å². The van der Waals surface area contributed by atoms with Gasteiger partial charge in [-0.2, -0.15) is 0 Å². The average Bonchev–Trinajstić information content (AvgIpc) is 2.72. The van der Waals surface area contributed by atoms with Gasteiger partial charge in [0, 0.05) is 10.8 Å². The molecule has 6 nitrogen and oxygen atoms in total. The molecule has 0 bridgehead atoms. The van der Waals surface area contributed by atoms with Crippen LogP contribution in [-0.2, 0) is 4.74 Å². The van der Waals surface area contributed by atoms with Gasteiger partial charge in [0.1, 0.15) is 11.4 Å². The third-order valence-electron chi connectivity index (χ3n) is 3.81. The summed E-state index contributed by atoms with van der Waals surface area (Å²) in [4.78, 5) is 29.9. The summed E-state index contributed by atoms with van der Waals surface area (Å²) in [5.41, 5.74) is 1.93. The van der Waals surface area contributed by atoms with Crippen molar-refractivity contribution in [3.63, 3.8) is 0 Å². The van der Waals surface area contributed by atoms with E-state index in [1.807, 2.05) is 48.5 Å². The lowest BCUT2D eigenvalue weighted by atomic mass is 10.2. The summed E-state index contributed by atoms with van der Waals surface area (Å²) < 4.78 is 4.58. The number of aromatic carboxylic acids is 1. The normalized spacial score (nSPS) is 9.10. The van der Waals surface area contributed by atoms with E-state index in [4.69, 9.17) is 5.11 Å². The lowest BCUT2D eigenvalue weighted by molar-refractivity contribution is 0.0593. The Morgan fingerprint density at radius 3 is 1.63 bits per heavy atom. The molecule has 0 aliphatic carbocycles. The fourth-order valence-corrected chi connectivity index (χ4v) is 2.47. The number of ether oxygens (including phenoxy) is 1. The number of aromatic nitrogens is 2. The third kappa shape index (κ3) is 6.25. The third-order valence-corrected chi connectivity index (χ3v) is 3.81. The van der Waals surface area contributed by atoms with Crippen LogP contribution in [0.3, 0.4) is 0 Å². The van der Waals surface area contributed by atoms with Gasteiger partial charge in [-0.05, 0) is 24.3 Å². The highest BCUT2D eigenvalue weighted by atomic mass is 35.5. The molecule has 2 aromatic carbocycles. The molecule has 1 N–H and O–H groups in total. The molecule has 0 aliphatic rings. The minimum atomic E-state index is -0.995. The van der Waals surface area contributed by atoms with Crippen molar-refractivity contribution in [1.82, 2.24) is 9.97 Å². The molecule has 0 saturated heterocycles. The van der Waals surface area contributed by atoms with E-state index in [2.05, 4.69) is 14.7 Å². The van der Waals surface area contributed by atoms with Crippen molar-refractivity contribution in [2.24, 2.45) is 0 Å². The van der Waals surface area contributed by atoms with Crippen molar-refractivity contribution in [2.45, 2.75) is 14.9 Å². The molecule has 0 fully saturated rings. The molecule has 0 aliphatic heterocycles. The maximum atomic E-state index is 11.2. The Labute approximate surface area is 182 Å². The molecule has 0 amide bonds. The molecule has 0 radical (unpaired) electrons. The molecule has 2 aromatic heterocycles. The molecule has 0 atom stereocenters. The zero-order valence-corrected chi connectivity index (χ0v) is 15.7. The number of carbonyl (C=O) groups excluding carboxylic acids is 1. The Kier molecular flexibility index (Phi) is 10.7. The van der Waals surface area contributed by atoms with E-state index in [9.17, 15) is 9.59 Å². The standard InChI is InChI=1S/C11H9NO2.C10H7NO2.2CH4.ClH/c1-14-11(13)10-7-6-8-4-2-3-5-9(8)12-10;12-10(13)9-6-5-7-3-1-2-4-8(7)11-9;;;/h2-7H,1H3;1-6H,(H,12,13);2*1H4;1H. The van der Waals surface area contributed by atoms with E-state index in [0.717, 1.165) is 16.3 Å². The van der Waals surface area contributed by atoms with Crippen LogP contribution < -0.4 is 0 Å². The van der Waals surface area contributed by atoms with E-state index in [1.165, 1.54) is 13.2 Å². The first-order valence-corrected chi connectivity index (χ1v) is 8.11. The number of carboxylic acids is 1. The van der Waals surface area contributed by atoms with Crippen molar-refractivity contribution in [1.29, 1.82) is 0 Å². The van der Waals surface area contributed by atoms with Gasteiger partial charge in [-0.25, -0.2) is 19.6 Å². The number of hydrogen-bond acceptors (Lipinski definition) is 5. The number of halogens is 1. The van der Waals surface area contributed by atoms with Crippen LogP contribution >= 0.6 is 12.4 Å². The summed E-state index contributed by atoms with van der Waals surface area (Å²) in [6.07, 6.45) is 0. The second kappa shape index (κ2) is 12.1. The lowest BCUT2D eigenvalue weighted by Crippen LogP contribution is -2.03. The number of esters is 1. The topological polar surface area (TPSA) is 89.4 Å². The van der Waals surface area contributed by atoms with Crippen molar-refractivity contribution in [3.05, 3.63) is 84.2 Å². The molecule has 0 unspecified atom stereocenters. The molecule has 0 spiro atoms. The zero-order valence-electron chi connectivity index (χ0n) is 14.9. The van der Waals surface area contributed by atoms with E-state index < -0.39 is 11.9 Å². The van der Waals surface area contributed by atoms with Crippen molar-refractivity contribution < 1.29 is 19.4 Å². The number of fused-ring (bicyclic) bond motifs is 2. The Hall–Kier alpha value is -3.51. The van der Waals surface area contributed by atoms with Gasteiger partial charge in [-0.1, -0.05) is 63.4 Å². The monoisotopic (exact) mass is 428 g/mol. The summed E-state index contributed by atoms with van der Waals surface area (Å²) >= 11 is 0. The first-order valence-electron chi connectivity index (χ1n) is 8.11. The number of nitrogens with zero attached hydrogens (tertiary/aromatic N) is 2. The molecule has 0 saturated carbocycles. The first-order chi connectivity index (χ1) is 13.1. The van der Waals surface area contributed by atoms with Gasteiger partial charge in [0.15, 0.2) is 0 Å². The number of rotatable bonds is 2. The second-order valence-electron chi connectivity index (χ2n) is 5.58. The minimum absolute atomic E-state index is 0. The molecule has 4 aromatic rings. The fraction of sp³-hybridized carbons (Fsp3) is 0.130. The molecular weight excluding hydrogens is 404 g/mol. The van der Waals surface area contributed by atoms with Crippen LogP contribution in [0.1, 0.15) is 35.8 Å². The number of carboxylic acid groups (broad SMARTS) is 1. The Morgan fingerprint density at radius 1 is 0.733 bits per heavy atom. The van der Waals surface area contributed by atoms with Crippen LogP contribution in [0.25, 0.3) is 21.8 Å². The van der Waals surface area contributed by atoms with Crippen LogP contribution in [0, 0.1) is 0 Å². The summed E-state index contributed by atoms with van der Waals surface area (Å²) in [7, 11) is 1.35. The largest absolute Gasteiger partial charge is 0.477 e. The summed E-state index contributed by atoms with van der Waals surface area (Å²) in [5, 5.41) is 10.6. The van der Waals surface area contributed by atoms with Crippen molar-refractivity contribution in [2.75, 3.05) is 7.11 Å².